The van der Waals surface area contributed by atoms with Crippen LogP contribution >= 0.6 is 0 Å². The molecule has 0 unspecified atom stereocenters. The first-order valence-electron chi connectivity index (χ1n) is 7.86. The summed E-state index contributed by atoms with van der Waals surface area (Å²) in [6.45, 7) is 8.46. The standard InChI is InChI=1S/C16H26O3/c1-14(2)8-10-12(9-14)15(3)11(13(10)17)4-5-16(15)18-6-7-19-16/h10-13,17H,4-9H2,1-3H3/t10-,11+,12+,13-,15+/m0/s1. The van der Waals surface area contributed by atoms with E-state index < -0.39 is 5.79 Å². The van der Waals surface area contributed by atoms with Gasteiger partial charge in [0.2, 0.25) is 0 Å². The maximum atomic E-state index is 10.8. The molecule has 3 nitrogen and oxygen atoms in total. The molecular weight excluding hydrogens is 240 g/mol. The van der Waals surface area contributed by atoms with Gasteiger partial charge in [-0.25, -0.2) is 0 Å². The van der Waals surface area contributed by atoms with Crippen LogP contribution in [0.3, 0.4) is 0 Å². The summed E-state index contributed by atoms with van der Waals surface area (Å²) in [6, 6.07) is 0. The topological polar surface area (TPSA) is 38.7 Å². The summed E-state index contributed by atoms with van der Waals surface area (Å²) in [7, 11) is 0. The molecule has 3 aliphatic carbocycles. The smallest absolute Gasteiger partial charge is 0.174 e. The second kappa shape index (κ2) is 3.55. The fourth-order valence-electron chi connectivity index (χ4n) is 6.11. The maximum Gasteiger partial charge on any atom is 0.174 e. The Hall–Kier alpha value is -0.120. The van der Waals surface area contributed by atoms with Crippen LogP contribution in [0.1, 0.15) is 46.5 Å². The lowest BCUT2D eigenvalue weighted by molar-refractivity contribution is -0.235. The van der Waals surface area contributed by atoms with Gasteiger partial charge in [-0.1, -0.05) is 20.8 Å². The van der Waals surface area contributed by atoms with Gasteiger partial charge in [-0.15, -0.1) is 0 Å². The van der Waals surface area contributed by atoms with Crippen LogP contribution in [0.15, 0.2) is 0 Å². The van der Waals surface area contributed by atoms with Gasteiger partial charge in [0.05, 0.1) is 19.3 Å². The number of hydrogen-bond acceptors (Lipinski definition) is 3. The Bertz CT molecular complexity index is 399. The Labute approximate surface area is 115 Å². The highest BCUT2D eigenvalue weighted by Gasteiger charge is 2.73. The number of aliphatic hydroxyl groups excluding tert-OH is 1. The molecular formula is C16H26O3. The van der Waals surface area contributed by atoms with E-state index in [1.54, 1.807) is 0 Å². The van der Waals surface area contributed by atoms with E-state index in [4.69, 9.17) is 9.47 Å². The number of rotatable bonds is 0. The lowest BCUT2D eigenvalue weighted by Gasteiger charge is -2.44. The second-order valence-corrected chi connectivity index (χ2v) is 8.21. The molecule has 4 aliphatic rings. The van der Waals surface area contributed by atoms with Crippen LogP contribution in [0.2, 0.25) is 0 Å². The molecule has 1 spiro atoms. The van der Waals surface area contributed by atoms with E-state index in [1.165, 1.54) is 6.42 Å². The molecule has 0 aromatic carbocycles. The first-order chi connectivity index (χ1) is 8.90. The summed E-state index contributed by atoms with van der Waals surface area (Å²) in [4.78, 5) is 0. The summed E-state index contributed by atoms with van der Waals surface area (Å²) in [5.41, 5.74) is 0.369. The van der Waals surface area contributed by atoms with Crippen LogP contribution in [-0.2, 0) is 9.47 Å². The summed E-state index contributed by atoms with van der Waals surface area (Å²) in [6.07, 6.45) is 4.24. The van der Waals surface area contributed by atoms with Crippen LogP contribution in [0, 0.1) is 28.6 Å². The molecule has 0 bridgehead atoms. The Morgan fingerprint density at radius 2 is 1.68 bits per heavy atom. The van der Waals surface area contributed by atoms with E-state index in [-0.39, 0.29) is 11.5 Å². The molecule has 19 heavy (non-hydrogen) atoms. The first kappa shape index (κ1) is 12.6. The van der Waals surface area contributed by atoms with Crippen molar-refractivity contribution in [1.82, 2.24) is 0 Å². The minimum atomic E-state index is -0.390. The minimum absolute atomic E-state index is 0.0152. The van der Waals surface area contributed by atoms with Crippen molar-refractivity contribution in [3.05, 3.63) is 0 Å². The predicted molar refractivity (Wildman–Crippen MR) is 71.5 cm³/mol. The Balaban J connectivity index is 1.77. The van der Waals surface area contributed by atoms with Crippen molar-refractivity contribution in [3.8, 4) is 0 Å². The average Bonchev–Trinajstić information content (AvgIpc) is 3.02. The molecule has 3 heteroatoms. The van der Waals surface area contributed by atoms with Crippen molar-refractivity contribution >= 4 is 0 Å². The Morgan fingerprint density at radius 1 is 1.00 bits per heavy atom. The highest BCUT2D eigenvalue weighted by molar-refractivity contribution is 5.18. The fourth-order valence-corrected chi connectivity index (χ4v) is 6.11. The third-order valence-electron chi connectivity index (χ3n) is 6.83. The van der Waals surface area contributed by atoms with Crippen LogP contribution in [0.4, 0.5) is 0 Å². The molecule has 3 saturated carbocycles. The van der Waals surface area contributed by atoms with Crippen molar-refractivity contribution in [3.63, 3.8) is 0 Å². The van der Waals surface area contributed by atoms with Crippen molar-refractivity contribution in [2.24, 2.45) is 28.6 Å². The third kappa shape index (κ3) is 1.35. The molecule has 0 radical (unpaired) electrons. The minimum Gasteiger partial charge on any atom is -0.393 e. The molecule has 4 rings (SSSR count). The van der Waals surface area contributed by atoms with E-state index in [1.807, 2.05) is 0 Å². The van der Waals surface area contributed by atoms with Crippen molar-refractivity contribution in [2.45, 2.75) is 58.3 Å². The maximum absolute atomic E-state index is 10.8. The van der Waals surface area contributed by atoms with E-state index in [0.29, 0.717) is 23.2 Å². The van der Waals surface area contributed by atoms with Gasteiger partial charge < -0.3 is 14.6 Å². The summed E-state index contributed by atoms with van der Waals surface area (Å²) < 4.78 is 12.2. The van der Waals surface area contributed by atoms with Crippen LogP contribution in [0.25, 0.3) is 0 Å². The van der Waals surface area contributed by atoms with Gasteiger partial charge in [0.1, 0.15) is 0 Å². The zero-order valence-electron chi connectivity index (χ0n) is 12.3. The second-order valence-electron chi connectivity index (χ2n) is 8.21. The van der Waals surface area contributed by atoms with Crippen molar-refractivity contribution in [2.75, 3.05) is 13.2 Å². The Morgan fingerprint density at radius 3 is 2.37 bits per heavy atom. The van der Waals surface area contributed by atoms with E-state index >= 15 is 0 Å². The van der Waals surface area contributed by atoms with Crippen molar-refractivity contribution in [1.29, 1.82) is 0 Å². The molecule has 1 heterocycles. The fraction of sp³-hybridized carbons (Fsp3) is 1.00. The highest BCUT2D eigenvalue weighted by Crippen LogP contribution is 2.71. The molecule has 0 aromatic heterocycles. The molecule has 4 fully saturated rings. The van der Waals surface area contributed by atoms with E-state index in [0.717, 1.165) is 32.5 Å². The average molecular weight is 266 g/mol. The van der Waals surface area contributed by atoms with E-state index in [2.05, 4.69) is 20.8 Å². The number of hydrogen-bond donors (Lipinski definition) is 1. The quantitative estimate of drug-likeness (QED) is 0.732. The zero-order valence-corrected chi connectivity index (χ0v) is 12.3. The van der Waals surface area contributed by atoms with E-state index in [9.17, 15) is 5.11 Å². The third-order valence-corrected chi connectivity index (χ3v) is 6.83. The normalized spacial score (nSPS) is 53.7. The van der Waals surface area contributed by atoms with Gasteiger partial charge in [-0.3, -0.25) is 0 Å². The van der Waals surface area contributed by atoms with Gasteiger partial charge >= 0.3 is 0 Å². The molecule has 1 saturated heterocycles. The predicted octanol–water partition coefficient (Wildman–Crippen LogP) is 2.57. The zero-order chi connectivity index (χ0) is 13.5. The van der Waals surface area contributed by atoms with Crippen LogP contribution < -0.4 is 0 Å². The Kier molecular flexibility index (Phi) is 2.36. The molecule has 0 amide bonds. The van der Waals surface area contributed by atoms with Gasteiger partial charge in [0.25, 0.3) is 0 Å². The van der Waals surface area contributed by atoms with Crippen LogP contribution in [0.5, 0.6) is 0 Å². The lowest BCUT2D eigenvalue weighted by atomic mass is 9.69. The first-order valence-corrected chi connectivity index (χ1v) is 7.86. The van der Waals surface area contributed by atoms with Gasteiger partial charge in [0, 0.05) is 11.8 Å². The van der Waals surface area contributed by atoms with Gasteiger partial charge in [-0.05, 0) is 42.4 Å². The SMILES string of the molecule is CC1(C)C[C@@H]2[C@H](O)[C@H]3CCC4(OCCO4)[C@@]3(C)[C@@H]2C1. The summed E-state index contributed by atoms with van der Waals surface area (Å²) in [5, 5.41) is 10.8. The van der Waals surface area contributed by atoms with Crippen LogP contribution in [-0.4, -0.2) is 30.2 Å². The largest absolute Gasteiger partial charge is 0.393 e. The molecule has 1 N–H and O–H groups in total. The number of fused-ring (bicyclic) bond motifs is 4. The van der Waals surface area contributed by atoms with Gasteiger partial charge in [-0.2, -0.15) is 0 Å². The lowest BCUT2D eigenvalue weighted by Crippen LogP contribution is -2.48. The number of ether oxygens (including phenoxy) is 2. The molecule has 0 aromatic rings. The molecule has 1 aliphatic heterocycles. The highest BCUT2D eigenvalue weighted by atomic mass is 16.7. The summed E-state index contributed by atoms with van der Waals surface area (Å²) >= 11 is 0. The molecule has 5 atom stereocenters. The van der Waals surface area contributed by atoms with Crippen molar-refractivity contribution < 1.29 is 14.6 Å². The molecule has 108 valence electrons. The summed E-state index contributed by atoms with van der Waals surface area (Å²) in [5.74, 6) is 0.994. The number of aliphatic hydroxyl groups is 1. The monoisotopic (exact) mass is 266 g/mol. The van der Waals surface area contributed by atoms with Gasteiger partial charge in [0.15, 0.2) is 5.79 Å².